The molecule has 13 nitrogen and oxygen atoms in total. The fraction of sp³-hybridized carbons (Fsp3) is 0.231. The Hall–Kier alpha value is -4.91. The van der Waals surface area contributed by atoms with E-state index in [0.29, 0.717) is 50.3 Å². The van der Waals surface area contributed by atoms with Crippen molar-refractivity contribution < 1.29 is 0 Å². The van der Waals surface area contributed by atoms with Gasteiger partial charge >= 0.3 is 0 Å². The number of rotatable bonds is 5. The van der Waals surface area contributed by atoms with Gasteiger partial charge in [0.1, 0.15) is 28.5 Å². The number of benzene rings is 1. The molecule has 0 bridgehead atoms. The molecule has 0 saturated carbocycles. The van der Waals surface area contributed by atoms with Gasteiger partial charge in [-0.1, -0.05) is 17.7 Å². The Morgan fingerprint density at radius 3 is 2.60 bits per heavy atom. The number of aromatic nitrogens is 10. The summed E-state index contributed by atoms with van der Waals surface area (Å²) >= 11 is 6.21. The zero-order valence-corrected chi connectivity index (χ0v) is 23.1. The minimum Gasteiger partial charge on any atom is -0.377 e. The number of hydrogen-bond acceptors (Lipinski definition) is 10. The summed E-state index contributed by atoms with van der Waals surface area (Å²) < 4.78 is 3.53. The Labute approximate surface area is 232 Å². The van der Waals surface area contributed by atoms with E-state index in [1.807, 2.05) is 37.3 Å². The average Bonchev–Trinajstić information content (AvgIpc) is 3.54. The maximum Gasteiger partial charge on any atom is 0.261 e. The van der Waals surface area contributed by atoms with Gasteiger partial charge in [-0.15, -0.1) is 10.2 Å². The van der Waals surface area contributed by atoms with Gasteiger partial charge in [0, 0.05) is 18.8 Å². The van der Waals surface area contributed by atoms with Gasteiger partial charge in [-0.2, -0.15) is 4.80 Å². The first-order valence-corrected chi connectivity index (χ1v) is 12.8. The van der Waals surface area contributed by atoms with Gasteiger partial charge in [-0.05, 0) is 55.3 Å². The van der Waals surface area contributed by atoms with Crippen molar-refractivity contribution in [1.82, 2.24) is 49.1 Å². The maximum atomic E-state index is 13.7. The number of nitrogen functional groups attached to an aromatic ring is 1. The van der Waals surface area contributed by atoms with E-state index in [1.54, 1.807) is 37.3 Å². The molecule has 0 aliphatic heterocycles. The van der Waals surface area contributed by atoms with Crippen molar-refractivity contribution in [2.75, 3.05) is 11.1 Å². The van der Waals surface area contributed by atoms with Crippen molar-refractivity contribution in [3.8, 4) is 22.8 Å². The SMILES string of the molecule is Cc1cc(C(C)Nc2ccc(Cl)nc2-c2nnn(C)n2)c2c(c1)c(=O)n(C)c1c(-c3cnc(N)nc3C)ncn21. The van der Waals surface area contributed by atoms with Crippen LogP contribution < -0.4 is 16.6 Å². The third-order valence-electron chi connectivity index (χ3n) is 6.79. The van der Waals surface area contributed by atoms with E-state index in [-0.39, 0.29) is 17.5 Å². The second-order valence-electron chi connectivity index (χ2n) is 9.63. The number of pyridine rings is 1. The van der Waals surface area contributed by atoms with E-state index < -0.39 is 0 Å². The van der Waals surface area contributed by atoms with E-state index in [2.05, 4.69) is 41.7 Å². The number of halogens is 1. The molecule has 3 N–H and O–H groups in total. The highest BCUT2D eigenvalue weighted by Gasteiger charge is 2.23. The summed E-state index contributed by atoms with van der Waals surface area (Å²) in [7, 11) is 3.41. The lowest BCUT2D eigenvalue weighted by Gasteiger charge is -2.21. The lowest BCUT2D eigenvalue weighted by Crippen LogP contribution is -2.21. The Bertz CT molecular complexity index is 2010. The molecule has 0 aliphatic carbocycles. The molecule has 14 heteroatoms. The van der Waals surface area contributed by atoms with Crippen molar-refractivity contribution in [2.24, 2.45) is 14.1 Å². The van der Waals surface area contributed by atoms with Crippen LogP contribution in [-0.4, -0.2) is 49.1 Å². The monoisotopic (exact) mass is 556 g/mol. The zero-order chi connectivity index (χ0) is 28.3. The highest BCUT2D eigenvalue weighted by Crippen LogP contribution is 2.33. The maximum absolute atomic E-state index is 13.7. The first-order valence-electron chi connectivity index (χ1n) is 12.4. The molecule has 1 atom stereocenters. The smallest absolute Gasteiger partial charge is 0.261 e. The van der Waals surface area contributed by atoms with Crippen LogP contribution in [0, 0.1) is 13.8 Å². The summed E-state index contributed by atoms with van der Waals surface area (Å²) in [5.74, 6) is 0.514. The number of fused-ring (bicyclic) bond motifs is 3. The van der Waals surface area contributed by atoms with Gasteiger partial charge in [0.2, 0.25) is 11.8 Å². The standard InChI is InChI=1S/C26H25ClN12O/c1-12-8-15(13(2)31-18-6-7-19(27)33-21(18)23-34-36-38(5)35-23)22-16(9-12)25(40)37(4)24-20(30-11-39(22)24)17-10-29-26(28)32-14(17)3/h6-11,13,31H,1-5H3,(H2,28,29,32). The highest BCUT2D eigenvalue weighted by molar-refractivity contribution is 6.29. The molecule has 1 aromatic carbocycles. The summed E-state index contributed by atoms with van der Waals surface area (Å²) in [5.41, 5.74) is 11.9. The van der Waals surface area contributed by atoms with Gasteiger partial charge in [0.25, 0.3) is 5.56 Å². The molecule has 202 valence electrons. The second kappa shape index (κ2) is 9.38. The topological polar surface area (TPSA) is 160 Å². The lowest BCUT2D eigenvalue weighted by molar-refractivity contribution is 0.630. The minimum absolute atomic E-state index is 0.145. The lowest BCUT2D eigenvalue weighted by atomic mass is 10.0. The van der Waals surface area contributed by atoms with Crippen LogP contribution in [0.25, 0.3) is 39.3 Å². The molecule has 0 fully saturated rings. The molecule has 5 aromatic heterocycles. The molecule has 0 radical (unpaired) electrons. The average molecular weight is 557 g/mol. The van der Waals surface area contributed by atoms with E-state index in [0.717, 1.165) is 16.6 Å². The molecule has 6 rings (SSSR count). The molecule has 5 heterocycles. The van der Waals surface area contributed by atoms with Crippen LogP contribution in [0.15, 0.2) is 41.6 Å². The molecule has 0 aliphatic rings. The van der Waals surface area contributed by atoms with Gasteiger partial charge in [-0.25, -0.2) is 19.9 Å². The summed E-state index contributed by atoms with van der Waals surface area (Å²) in [5, 5.41) is 16.7. The van der Waals surface area contributed by atoms with Gasteiger partial charge < -0.3 is 11.1 Å². The van der Waals surface area contributed by atoms with Crippen molar-refractivity contribution >= 4 is 39.8 Å². The Kier molecular flexibility index (Phi) is 5.95. The molecular weight excluding hydrogens is 532 g/mol. The van der Waals surface area contributed by atoms with E-state index in [4.69, 9.17) is 22.3 Å². The molecular formula is C26H25ClN12O. The van der Waals surface area contributed by atoms with E-state index >= 15 is 0 Å². The van der Waals surface area contributed by atoms with Gasteiger partial charge in [-0.3, -0.25) is 13.8 Å². The van der Waals surface area contributed by atoms with Crippen LogP contribution in [0.1, 0.15) is 29.8 Å². The summed E-state index contributed by atoms with van der Waals surface area (Å²) in [6.07, 6.45) is 3.34. The number of aryl methyl sites for hydroxylation is 4. The quantitative estimate of drug-likeness (QED) is 0.302. The predicted octanol–water partition coefficient (Wildman–Crippen LogP) is 3.25. The third kappa shape index (κ3) is 4.11. The summed E-state index contributed by atoms with van der Waals surface area (Å²) in [6.45, 7) is 5.81. The second-order valence-corrected chi connectivity index (χ2v) is 10.0. The van der Waals surface area contributed by atoms with Crippen molar-refractivity contribution in [3.63, 3.8) is 0 Å². The first kappa shape index (κ1) is 25.4. The molecule has 0 amide bonds. The van der Waals surface area contributed by atoms with E-state index in [1.165, 1.54) is 4.80 Å². The minimum atomic E-state index is -0.274. The molecule has 6 aromatic rings. The first-order chi connectivity index (χ1) is 19.1. The van der Waals surface area contributed by atoms with Crippen LogP contribution in [0.2, 0.25) is 5.15 Å². The summed E-state index contributed by atoms with van der Waals surface area (Å²) in [6, 6.07) is 7.19. The highest BCUT2D eigenvalue weighted by atomic mass is 35.5. The Morgan fingerprint density at radius 1 is 1.07 bits per heavy atom. The summed E-state index contributed by atoms with van der Waals surface area (Å²) in [4.78, 5) is 32.7. The van der Waals surface area contributed by atoms with Crippen molar-refractivity contribution in [2.45, 2.75) is 26.8 Å². The fourth-order valence-corrected chi connectivity index (χ4v) is 5.14. The van der Waals surface area contributed by atoms with Gasteiger partial charge in [0.05, 0.1) is 35.4 Å². The van der Waals surface area contributed by atoms with E-state index in [9.17, 15) is 4.79 Å². The van der Waals surface area contributed by atoms with Crippen LogP contribution in [0.4, 0.5) is 11.6 Å². The van der Waals surface area contributed by atoms with Crippen molar-refractivity contribution in [1.29, 1.82) is 0 Å². The largest absolute Gasteiger partial charge is 0.377 e. The predicted molar refractivity (Wildman–Crippen MR) is 152 cm³/mol. The Balaban J connectivity index is 1.55. The number of anilines is 2. The number of imidazole rings is 1. The van der Waals surface area contributed by atoms with Crippen LogP contribution in [0.3, 0.4) is 0 Å². The molecule has 0 spiro atoms. The number of nitrogens with two attached hydrogens (primary N) is 1. The normalized spacial score (nSPS) is 12.3. The zero-order valence-electron chi connectivity index (χ0n) is 22.4. The molecule has 40 heavy (non-hydrogen) atoms. The number of hydrogen-bond donors (Lipinski definition) is 2. The Morgan fingerprint density at radius 2 is 1.88 bits per heavy atom. The van der Waals surface area contributed by atoms with Crippen molar-refractivity contribution in [3.05, 3.63) is 69.1 Å². The molecule has 1 unspecified atom stereocenters. The number of tetrazole rings is 1. The van der Waals surface area contributed by atoms with Crippen LogP contribution in [-0.2, 0) is 14.1 Å². The molecule has 0 saturated heterocycles. The number of nitrogens with one attached hydrogen (secondary N) is 1. The fourth-order valence-electron chi connectivity index (χ4n) is 4.99. The van der Waals surface area contributed by atoms with Crippen LogP contribution >= 0.6 is 11.6 Å². The van der Waals surface area contributed by atoms with Crippen LogP contribution in [0.5, 0.6) is 0 Å². The number of nitrogens with zero attached hydrogens (tertiary/aromatic N) is 10. The third-order valence-corrected chi connectivity index (χ3v) is 7.00. The van der Waals surface area contributed by atoms with Gasteiger partial charge in [0.15, 0.2) is 0 Å².